The first-order valence-electron chi connectivity index (χ1n) is 8.30. The van der Waals surface area contributed by atoms with Gasteiger partial charge in [0.15, 0.2) is 11.6 Å². The van der Waals surface area contributed by atoms with Crippen LogP contribution in [-0.2, 0) is 18.6 Å². The molecule has 0 atom stereocenters. The molecule has 0 bridgehead atoms. The van der Waals surface area contributed by atoms with Gasteiger partial charge in [0.1, 0.15) is 6.54 Å². The Morgan fingerprint density at radius 3 is 2.48 bits per heavy atom. The van der Waals surface area contributed by atoms with Gasteiger partial charge < -0.3 is 0 Å². The van der Waals surface area contributed by atoms with Crippen molar-refractivity contribution in [3.05, 3.63) is 80.9 Å². The topological polar surface area (TPSA) is 86.2 Å². The second-order valence-electron chi connectivity index (χ2n) is 6.20. The molecule has 0 saturated heterocycles. The van der Waals surface area contributed by atoms with Crippen LogP contribution in [-0.4, -0.2) is 25.4 Å². The number of hydrogen-bond acceptors (Lipinski definition) is 5. The average Bonchev–Trinajstić information content (AvgIpc) is 3.03. The van der Waals surface area contributed by atoms with Gasteiger partial charge in [-0.3, -0.25) is 19.7 Å². The second-order valence-corrected chi connectivity index (χ2v) is 6.47. The number of benzene rings is 2. The molecule has 0 aliphatic carbocycles. The Balaban J connectivity index is 1.91. The molecule has 0 spiro atoms. The monoisotopic (exact) mass is 421 g/mol. The third-order valence-electron chi connectivity index (χ3n) is 4.47. The van der Waals surface area contributed by atoms with E-state index in [0.29, 0.717) is 34.2 Å². The predicted molar refractivity (Wildman–Crippen MR) is 98.4 cm³/mol. The van der Waals surface area contributed by atoms with E-state index in [9.17, 15) is 23.3 Å². The average molecular weight is 422 g/mol. The standard InChI is InChI=1S/C18H11ClF3N5O2/c19-8-15-24-25-16-9-23-17(10-1-3-11(4-2-10)18(20,21)22)13-7-12(27(28)29)5-6-14(13)26(15)16/h1-7H,8-9H2. The van der Waals surface area contributed by atoms with Gasteiger partial charge in [0, 0.05) is 23.3 Å². The summed E-state index contributed by atoms with van der Waals surface area (Å²) in [5.41, 5.74) is 0.643. The summed E-state index contributed by atoms with van der Waals surface area (Å²) < 4.78 is 40.3. The zero-order valence-corrected chi connectivity index (χ0v) is 15.3. The van der Waals surface area contributed by atoms with Crippen molar-refractivity contribution in [1.29, 1.82) is 0 Å². The smallest absolute Gasteiger partial charge is 0.280 e. The highest BCUT2D eigenvalue weighted by Crippen LogP contribution is 2.32. The number of alkyl halides is 4. The molecule has 2 aromatic carbocycles. The minimum atomic E-state index is -4.47. The Kier molecular flexibility index (Phi) is 4.58. The van der Waals surface area contributed by atoms with Crippen LogP contribution in [0.2, 0.25) is 0 Å². The molecule has 0 amide bonds. The van der Waals surface area contributed by atoms with Crippen molar-refractivity contribution >= 4 is 23.0 Å². The van der Waals surface area contributed by atoms with Crippen molar-refractivity contribution in [2.24, 2.45) is 4.99 Å². The molecule has 3 aromatic rings. The van der Waals surface area contributed by atoms with E-state index < -0.39 is 16.7 Å². The molecule has 1 aromatic heterocycles. The van der Waals surface area contributed by atoms with Gasteiger partial charge in [-0.1, -0.05) is 12.1 Å². The fraction of sp³-hybridized carbons (Fsp3) is 0.167. The van der Waals surface area contributed by atoms with Crippen molar-refractivity contribution in [2.75, 3.05) is 0 Å². The SMILES string of the molecule is O=[N+]([O-])c1ccc2c(c1)C(c1ccc(C(F)(F)F)cc1)=NCc1nnc(CCl)n1-2. The molecule has 0 N–H and O–H groups in total. The predicted octanol–water partition coefficient (Wildman–Crippen LogP) is 4.28. The van der Waals surface area contributed by atoms with E-state index in [-0.39, 0.29) is 18.1 Å². The number of aromatic nitrogens is 3. The van der Waals surface area contributed by atoms with E-state index in [1.54, 1.807) is 4.57 Å². The van der Waals surface area contributed by atoms with Crippen molar-refractivity contribution in [2.45, 2.75) is 18.6 Å². The van der Waals surface area contributed by atoms with E-state index in [1.165, 1.54) is 30.3 Å². The summed E-state index contributed by atoms with van der Waals surface area (Å²) in [4.78, 5) is 15.2. The number of halogens is 4. The van der Waals surface area contributed by atoms with Crippen LogP contribution in [0.1, 0.15) is 28.3 Å². The van der Waals surface area contributed by atoms with Crippen LogP contribution in [0.4, 0.5) is 18.9 Å². The molecule has 7 nitrogen and oxygen atoms in total. The number of nitro groups is 1. The van der Waals surface area contributed by atoms with Gasteiger partial charge in [-0.2, -0.15) is 13.2 Å². The van der Waals surface area contributed by atoms with Crippen LogP contribution in [0.3, 0.4) is 0 Å². The number of non-ortho nitro benzene ring substituents is 1. The first kappa shape index (κ1) is 19.1. The van der Waals surface area contributed by atoms with Gasteiger partial charge in [-0.15, -0.1) is 21.8 Å². The lowest BCUT2D eigenvalue weighted by Gasteiger charge is -2.13. The van der Waals surface area contributed by atoms with Gasteiger partial charge >= 0.3 is 6.18 Å². The summed E-state index contributed by atoms with van der Waals surface area (Å²) >= 11 is 5.94. The number of fused-ring (bicyclic) bond motifs is 3. The quantitative estimate of drug-likeness (QED) is 0.359. The molecule has 0 radical (unpaired) electrons. The van der Waals surface area contributed by atoms with Crippen LogP contribution in [0, 0.1) is 10.1 Å². The van der Waals surface area contributed by atoms with Gasteiger partial charge in [-0.25, -0.2) is 0 Å². The van der Waals surface area contributed by atoms with Gasteiger partial charge in [-0.05, 0) is 18.2 Å². The highest BCUT2D eigenvalue weighted by atomic mass is 35.5. The summed E-state index contributed by atoms with van der Waals surface area (Å²) in [6, 6.07) is 8.67. The molecular weight excluding hydrogens is 411 g/mol. The van der Waals surface area contributed by atoms with Crippen LogP contribution in [0.25, 0.3) is 5.69 Å². The van der Waals surface area contributed by atoms with Crippen LogP contribution in [0.15, 0.2) is 47.5 Å². The third kappa shape index (κ3) is 3.35. The highest BCUT2D eigenvalue weighted by molar-refractivity contribution is 6.17. The molecule has 29 heavy (non-hydrogen) atoms. The molecule has 0 unspecified atom stereocenters. The number of nitro benzene ring substituents is 1. The molecule has 1 aliphatic heterocycles. The lowest BCUT2D eigenvalue weighted by atomic mass is 9.98. The second kappa shape index (κ2) is 6.96. The minimum Gasteiger partial charge on any atom is -0.280 e. The Hall–Kier alpha value is -3.27. The van der Waals surface area contributed by atoms with E-state index >= 15 is 0 Å². The van der Waals surface area contributed by atoms with E-state index in [1.807, 2.05) is 0 Å². The van der Waals surface area contributed by atoms with Crippen LogP contribution < -0.4 is 0 Å². The Bertz CT molecular complexity index is 1140. The number of nitrogens with zero attached hydrogens (tertiary/aromatic N) is 5. The first-order valence-corrected chi connectivity index (χ1v) is 8.83. The zero-order chi connectivity index (χ0) is 20.8. The Morgan fingerprint density at radius 1 is 1.14 bits per heavy atom. The third-order valence-corrected chi connectivity index (χ3v) is 4.71. The minimum absolute atomic E-state index is 0.0546. The molecule has 0 saturated carbocycles. The number of rotatable bonds is 3. The zero-order valence-electron chi connectivity index (χ0n) is 14.5. The molecule has 148 valence electrons. The Morgan fingerprint density at radius 2 is 1.86 bits per heavy atom. The molecule has 2 heterocycles. The number of aliphatic imine (C=N–C) groups is 1. The van der Waals surface area contributed by atoms with Gasteiger partial charge in [0.2, 0.25) is 0 Å². The first-order chi connectivity index (χ1) is 13.8. The molecule has 0 fully saturated rings. The maximum Gasteiger partial charge on any atom is 0.416 e. The van der Waals surface area contributed by atoms with E-state index in [0.717, 1.165) is 12.1 Å². The summed E-state index contributed by atoms with van der Waals surface area (Å²) in [6.45, 7) is 0.0860. The van der Waals surface area contributed by atoms with E-state index in [4.69, 9.17) is 11.6 Å². The van der Waals surface area contributed by atoms with Crippen molar-refractivity contribution < 1.29 is 18.1 Å². The molecule has 4 rings (SSSR count). The van der Waals surface area contributed by atoms with Crippen molar-refractivity contribution in [3.8, 4) is 5.69 Å². The van der Waals surface area contributed by atoms with Crippen molar-refractivity contribution in [3.63, 3.8) is 0 Å². The maximum atomic E-state index is 12.9. The molecule has 1 aliphatic rings. The summed E-state index contributed by atoms with van der Waals surface area (Å²) in [5.74, 6) is 0.956. The summed E-state index contributed by atoms with van der Waals surface area (Å²) in [7, 11) is 0. The number of hydrogen-bond donors (Lipinski definition) is 0. The van der Waals surface area contributed by atoms with Crippen LogP contribution in [0.5, 0.6) is 0 Å². The largest absolute Gasteiger partial charge is 0.416 e. The summed E-state index contributed by atoms with van der Waals surface area (Å²) in [6.07, 6.45) is -4.47. The molecule has 11 heteroatoms. The van der Waals surface area contributed by atoms with Crippen LogP contribution >= 0.6 is 11.6 Å². The lowest BCUT2D eigenvalue weighted by Crippen LogP contribution is -2.10. The van der Waals surface area contributed by atoms with Gasteiger partial charge in [0.05, 0.1) is 27.8 Å². The summed E-state index contributed by atoms with van der Waals surface area (Å²) in [5, 5.41) is 19.3. The van der Waals surface area contributed by atoms with E-state index in [2.05, 4.69) is 15.2 Å². The maximum absolute atomic E-state index is 12.9. The van der Waals surface area contributed by atoms with Crippen molar-refractivity contribution in [1.82, 2.24) is 14.8 Å². The fourth-order valence-electron chi connectivity index (χ4n) is 3.14. The fourth-order valence-corrected chi connectivity index (χ4v) is 3.31. The lowest BCUT2D eigenvalue weighted by molar-refractivity contribution is -0.384. The Labute approximate surface area is 166 Å². The highest BCUT2D eigenvalue weighted by Gasteiger charge is 2.31. The molecular formula is C18H11ClF3N5O2. The normalized spacial score (nSPS) is 13.3. The van der Waals surface area contributed by atoms with Gasteiger partial charge in [0.25, 0.3) is 5.69 Å².